The first-order valence-electron chi connectivity index (χ1n) is 6.86. The molecule has 1 saturated heterocycles. The number of carbonyl (C=O) groups is 1. The minimum atomic E-state index is -0.821. The van der Waals surface area contributed by atoms with Crippen LogP contribution < -0.4 is 0 Å². The lowest BCUT2D eigenvalue weighted by Crippen LogP contribution is -2.24. The van der Waals surface area contributed by atoms with Crippen LogP contribution in [0.15, 0.2) is 23.6 Å². The lowest BCUT2D eigenvalue weighted by Gasteiger charge is -2.24. The highest BCUT2D eigenvalue weighted by molar-refractivity contribution is 8.00. The van der Waals surface area contributed by atoms with Gasteiger partial charge in [0, 0.05) is 17.5 Å². The number of fused-ring (bicyclic) bond motifs is 1. The van der Waals surface area contributed by atoms with Crippen molar-refractivity contribution in [3.05, 3.63) is 18.5 Å². The Morgan fingerprint density at radius 2 is 2.48 bits per heavy atom. The van der Waals surface area contributed by atoms with Crippen molar-refractivity contribution >= 4 is 40.5 Å². The fourth-order valence-corrected chi connectivity index (χ4v) is 4.67. The van der Waals surface area contributed by atoms with E-state index in [0.29, 0.717) is 0 Å². The standard InChI is InChI=1S/C14H17N3O2S2/c1-14(4-2-6-21-14)9-17-11-3-5-15-7-10(11)16-13(17)20-8-12(18)19/h3,5,7H,2,4,6,8-9H2,1H3,(H,18,19). The molecule has 0 bridgehead atoms. The fourth-order valence-electron chi connectivity index (χ4n) is 2.64. The number of carboxylic acid groups (broad SMARTS) is 1. The summed E-state index contributed by atoms with van der Waals surface area (Å²) < 4.78 is 2.36. The normalized spacial score (nSPS) is 22.0. The molecule has 1 aliphatic rings. The van der Waals surface area contributed by atoms with Crippen molar-refractivity contribution in [2.75, 3.05) is 11.5 Å². The van der Waals surface area contributed by atoms with Crippen LogP contribution in [0.2, 0.25) is 0 Å². The van der Waals surface area contributed by atoms with Gasteiger partial charge in [-0.2, -0.15) is 11.8 Å². The van der Waals surface area contributed by atoms with E-state index in [9.17, 15) is 4.79 Å². The predicted molar refractivity (Wildman–Crippen MR) is 86.0 cm³/mol. The summed E-state index contributed by atoms with van der Waals surface area (Å²) in [5.74, 6) is 0.404. The Morgan fingerprint density at radius 1 is 1.62 bits per heavy atom. The summed E-state index contributed by atoms with van der Waals surface area (Å²) in [5.41, 5.74) is 1.86. The SMILES string of the molecule is CC1(Cn2c(SCC(=O)O)nc3cnccc32)CCCS1. The van der Waals surface area contributed by atoms with E-state index in [1.165, 1.54) is 30.4 Å². The molecule has 2 aromatic heterocycles. The number of thioether (sulfide) groups is 2. The van der Waals surface area contributed by atoms with E-state index >= 15 is 0 Å². The third-order valence-corrected chi connectivity index (χ3v) is 6.12. The maximum absolute atomic E-state index is 10.8. The molecule has 0 aromatic carbocycles. The van der Waals surface area contributed by atoms with Crippen molar-refractivity contribution in [2.45, 2.75) is 36.2 Å². The molecule has 112 valence electrons. The molecule has 0 amide bonds. The molecular formula is C14H17N3O2S2. The van der Waals surface area contributed by atoms with E-state index in [1.54, 1.807) is 12.4 Å². The van der Waals surface area contributed by atoms with E-state index in [4.69, 9.17) is 5.11 Å². The molecule has 21 heavy (non-hydrogen) atoms. The third kappa shape index (κ3) is 3.18. The Balaban J connectivity index is 1.96. The fraction of sp³-hybridized carbons (Fsp3) is 0.500. The van der Waals surface area contributed by atoms with Gasteiger partial charge in [0.05, 0.1) is 17.5 Å². The summed E-state index contributed by atoms with van der Waals surface area (Å²) in [7, 11) is 0. The average molecular weight is 323 g/mol. The summed E-state index contributed by atoms with van der Waals surface area (Å²) in [4.78, 5) is 19.5. The van der Waals surface area contributed by atoms with Crippen molar-refractivity contribution in [1.29, 1.82) is 0 Å². The van der Waals surface area contributed by atoms with Crippen LogP contribution in [0.5, 0.6) is 0 Å². The van der Waals surface area contributed by atoms with Gasteiger partial charge in [-0.3, -0.25) is 9.78 Å². The van der Waals surface area contributed by atoms with E-state index in [1.807, 2.05) is 17.8 Å². The molecule has 1 fully saturated rings. The Hall–Kier alpha value is -1.21. The summed E-state index contributed by atoms with van der Waals surface area (Å²) in [6, 6.07) is 1.95. The number of rotatable bonds is 5. The summed E-state index contributed by atoms with van der Waals surface area (Å²) >= 11 is 3.27. The highest BCUT2D eigenvalue weighted by Crippen LogP contribution is 2.40. The van der Waals surface area contributed by atoms with Crippen LogP contribution in [0, 0.1) is 0 Å². The molecule has 1 atom stereocenters. The molecule has 1 unspecified atom stereocenters. The molecule has 0 saturated carbocycles. The van der Waals surface area contributed by atoms with Crippen LogP contribution in [0.1, 0.15) is 19.8 Å². The number of aromatic nitrogens is 3. The highest BCUT2D eigenvalue weighted by Gasteiger charge is 2.31. The van der Waals surface area contributed by atoms with Gasteiger partial charge in [0.25, 0.3) is 0 Å². The van der Waals surface area contributed by atoms with E-state index < -0.39 is 5.97 Å². The second-order valence-corrected chi connectivity index (χ2v) is 8.05. The first-order chi connectivity index (χ1) is 10.1. The molecule has 0 aliphatic carbocycles. The zero-order chi connectivity index (χ0) is 14.9. The van der Waals surface area contributed by atoms with E-state index in [2.05, 4.69) is 21.5 Å². The van der Waals surface area contributed by atoms with Crippen molar-refractivity contribution in [3.63, 3.8) is 0 Å². The van der Waals surface area contributed by atoms with Gasteiger partial charge < -0.3 is 9.67 Å². The van der Waals surface area contributed by atoms with Crippen LogP contribution in [-0.2, 0) is 11.3 Å². The van der Waals surface area contributed by atoms with Gasteiger partial charge >= 0.3 is 5.97 Å². The van der Waals surface area contributed by atoms with E-state index in [-0.39, 0.29) is 10.5 Å². The molecule has 5 nitrogen and oxygen atoms in total. The number of imidazole rings is 1. The van der Waals surface area contributed by atoms with Crippen molar-refractivity contribution in [3.8, 4) is 0 Å². The molecule has 0 radical (unpaired) electrons. The van der Waals surface area contributed by atoms with Crippen molar-refractivity contribution in [2.24, 2.45) is 0 Å². The monoisotopic (exact) mass is 323 g/mol. The van der Waals surface area contributed by atoms with Gasteiger partial charge in [0.1, 0.15) is 5.52 Å². The van der Waals surface area contributed by atoms with Gasteiger partial charge in [-0.1, -0.05) is 11.8 Å². The Kier molecular flexibility index (Phi) is 4.12. The second-order valence-electron chi connectivity index (χ2n) is 5.43. The Morgan fingerprint density at radius 3 is 3.19 bits per heavy atom. The van der Waals surface area contributed by atoms with Crippen LogP contribution in [0.3, 0.4) is 0 Å². The first kappa shape index (κ1) is 14.7. The highest BCUT2D eigenvalue weighted by atomic mass is 32.2. The summed E-state index contributed by atoms with van der Waals surface area (Å²) in [6.45, 7) is 3.14. The minimum Gasteiger partial charge on any atom is -0.481 e. The molecule has 1 N–H and O–H groups in total. The lowest BCUT2D eigenvalue weighted by molar-refractivity contribution is -0.133. The Bertz CT molecular complexity index is 665. The quantitative estimate of drug-likeness (QED) is 0.853. The molecule has 0 spiro atoms. The topological polar surface area (TPSA) is 68.0 Å². The first-order valence-corrected chi connectivity index (χ1v) is 8.83. The van der Waals surface area contributed by atoms with Gasteiger partial charge in [-0.15, -0.1) is 0 Å². The molecule has 3 heterocycles. The van der Waals surface area contributed by atoms with E-state index in [0.717, 1.165) is 22.7 Å². The minimum absolute atomic E-state index is 0.0284. The number of nitrogens with zero attached hydrogens (tertiary/aromatic N) is 3. The van der Waals surface area contributed by atoms with Crippen LogP contribution in [0.25, 0.3) is 11.0 Å². The van der Waals surface area contributed by atoms with Gasteiger partial charge in [-0.25, -0.2) is 4.98 Å². The molecule has 7 heteroatoms. The molecule has 1 aliphatic heterocycles. The number of hydrogen-bond acceptors (Lipinski definition) is 5. The molecule has 2 aromatic rings. The van der Waals surface area contributed by atoms with Gasteiger partial charge in [-0.05, 0) is 31.6 Å². The van der Waals surface area contributed by atoms with Crippen LogP contribution >= 0.6 is 23.5 Å². The zero-order valence-electron chi connectivity index (χ0n) is 11.8. The smallest absolute Gasteiger partial charge is 0.313 e. The summed E-state index contributed by atoms with van der Waals surface area (Å²) in [5, 5.41) is 9.67. The summed E-state index contributed by atoms with van der Waals surface area (Å²) in [6.07, 6.45) is 5.93. The Labute approximate surface area is 131 Å². The maximum Gasteiger partial charge on any atom is 0.313 e. The third-order valence-electron chi connectivity index (χ3n) is 3.63. The largest absolute Gasteiger partial charge is 0.481 e. The zero-order valence-corrected chi connectivity index (χ0v) is 13.4. The second kappa shape index (κ2) is 5.88. The van der Waals surface area contributed by atoms with Crippen molar-refractivity contribution in [1.82, 2.24) is 14.5 Å². The number of aliphatic carboxylic acids is 1. The van der Waals surface area contributed by atoms with Gasteiger partial charge in [0.2, 0.25) is 0 Å². The molecule has 3 rings (SSSR count). The number of carboxylic acids is 1. The maximum atomic E-state index is 10.8. The predicted octanol–water partition coefficient (Wildman–Crippen LogP) is 2.89. The van der Waals surface area contributed by atoms with Crippen LogP contribution in [-0.4, -0.2) is 41.9 Å². The van der Waals surface area contributed by atoms with Crippen molar-refractivity contribution < 1.29 is 9.90 Å². The number of hydrogen-bond donors (Lipinski definition) is 1. The molecular weight excluding hydrogens is 306 g/mol. The number of pyridine rings is 1. The van der Waals surface area contributed by atoms with Gasteiger partial charge in [0.15, 0.2) is 5.16 Å². The lowest BCUT2D eigenvalue weighted by atomic mass is 10.1. The van der Waals surface area contributed by atoms with Crippen LogP contribution in [0.4, 0.5) is 0 Å². The average Bonchev–Trinajstić information content (AvgIpc) is 3.02.